The molecule has 1 fully saturated rings. The fourth-order valence-corrected chi connectivity index (χ4v) is 3.89. The minimum absolute atomic E-state index is 0.0503. The summed E-state index contributed by atoms with van der Waals surface area (Å²) in [5.41, 5.74) is 4.31. The van der Waals surface area contributed by atoms with Crippen LogP contribution >= 0.6 is 0 Å². The zero-order valence-electron chi connectivity index (χ0n) is 15.4. The third-order valence-corrected chi connectivity index (χ3v) is 6.14. The number of piperazine rings is 1. The molecule has 26 heavy (non-hydrogen) atoms. The number of carbonyl (C=O) groups excluding carboxylic acids is 1. The lowest BCUT2D eigenvalue weighted by Gasteiger charge is -2.37. The highest BCUT2D eigenvalue weighted by Gasteiger charge is 2.23. The lowest BCUT2D eigenvalue weighted by molar-refractivity contribution is 0.0746. The van der Waals surface area contributed by atoms with Gasteiger partial charge in [0.1, 0.15) is 0 Å². The number of hydrogen-bond donors (Lipinski definition) is 0. The van der Waals surface area contributed by atoms with Crippen molar-refractivity contribution in [1.29, 1.82) is 0 Å². The molecule has 0 N–H and O–H groups in total. The van der Waals surface area contributed by atoms with Gasteiger partial charge in [0.05, 0.1) is 4.90 Å². The van der Waals surface area contributed by atoms with Crippen LogP contribution in [0.25, 0.3) is 0 Å². The molecule has 1 heterocycles. The fourth-order valence-electron chi connectivity index (χ4n) is 3.26. The van der Waals surface area contributed by atoms with Gasteiger partial charge in [0, 0.05) is 43.7 Å². The fraction of sp³-hybridized carbons (Fsp3) is 0.350. The molecule has 0 aliphatic carbocycles. The Bertz CT molecular complexity index is 913. The predicted octanol–water partition coefficient (Wildman–Crippen LogP) is 2.67. The lowest BCUT2D eigenvalue weighted by Crippen LogP contribution is -2.49. The van der Waals surface area contributed by atoms with Gasteiger partial charge in [0.25, 0.3) is 5.91 Å². The Hall–Kier alpha value is -2.34. The molecule has 1 amide bonds. The van der Waals surface area contributed by atoms with Crippen molar-refractivity contribution in [3.8, 4) is 0 Å². The molecule has 3 rings (SSSR count). The van der Waals surface area contributed by atoms with E-state index in [4.69, 9.17) is 0 Å². The van der Waals surface area contributed by atoms with Crippen LogP contribution in [-0.2, 0) is 9.84 Å². The second-order valence-corrected chi connectivity index (χ2v) is 8.81. The molecule has 0 saturated carbocycles. The molecule has 6 heteroatoms. The van der Waals surface area contributed by atoms with Crippen LogP contribution in [0.15, 0.2) is 47.4 Å². The number of anilines is 1. The molecule has 138 valence electrons. The van der Waals surface area contributed by atoms with Crippen LogP contribution in [0.4, 0.5) is 5.69 Å². The molecule has 0 radical (unpaired) electrons. The molecule has 0 atom stereocenters. The first kappa shape index (κ1) is 18.5. The van der Waals surface area contributed by atoms with Gasteiger partial charge in [-0.3, -0.25) is 4.79 Å². The van der Waals surface area contributed by atoms with Gasteiger partial charge in [-0.2, -0.15) is 0 Å². The molecule has 0 unspecified atom stereocenters. The maximum absolute atomic E-state index is 12.7. The summed E-state index contributed by atoms with van der Waals surface area (Å²) in [6.07, 6.45) is 1.16. The zero-order valence-corrected chi connectivity index (χ0v) is 16.2. The summed E-state index contributed by atoms with van der Waals surface area (Å²) in [6.45, 7) is 7.12. The Morgan fingerprint density at radius 2 is 1.54 bits per heavy atom. The molecule has 0 aromatic heterocycles. The van der Waals surface area contributed by atoms with Crippen LogP contribution in [-0.4, -0.2) is 51.7 Å². The van der Waals surface area contributed by atoms with Crippen molar-refractivity contribution in [3.05, 3.63) is 59.2 Å². The van der Waals surface area contributed by atoms with E-state index in [1.807, 2.05) is 4.90 Å². The standard InChI is InChI=1S/C20H24N2O3S/c1-15-5-4-6-19(16(15)2)21-11-13-22(14-12-21)20(23)17-7-9-18(10-8-17)26(3,24)25/h4-10H,11-14H2,1-3H3. The van der Waals surface area contributed by atoms with Gasteiger partial charge in [-0.15, -0.1) is 0 Å². The van der Waals surface area contributed by atoms with Gasteiger partial charge in [0.15, 0.2) is 9.84 Å². The zero-order chi connectivity index (χ0) is 18.9. The summed E-state index contributed by atoms with van der Waals surface area (Å²) in [7, 11) is -3.25. The van der Waals surface area contributed by atoms with Crippen molar-refractivity contribution in [2.45, 2.75) is 18.7 Å². The summed E-state index contributed by atoms with van der Waals surface area (Å²) < 4.78 is 23.1. The third kappa shape index (κ3) is 3.75. The maximum atomic E-state index is 12.7. The summed E-state index contributed by atoms with van der Waals surface area (Å²) in [5, 5.41) is 0. The van der Waals surface area contributed by atoms with E-state index in [2.05, 4.69) is 36.9 Å². The number of benzene rings is 2. The first-order chi connectivity index (χ1) is 12.3. The SMILES string of the molecule is Cc1cccc(N2CCN(C(=O)c3ccc(S(C)(=O)=O)cc3)CC2)c1C. The minimum Gasteiger partial charge on any atom is -0.368 e. The Morgan fingerprint density at radius 1 is 0.923 bits per heavy atom. The first-order valence-corrected chi connectivity index (χ1v) is 10.6. The molecular weight excluding hydrogens is 348 g/mol. The van der Waals surface area contributed by atoms with Crippen LogP contribution in [0.1, 0.15) is 21.5 Å². The first-order valence-electron chi connectivity index (χ1n) is 8.68. The van der Waals surface area contributed by atoms with E-state index < -0.39 is 9.84 Å². The van der Waals surface area contributed by atoms with Crippen molar-refractivity contribution in [2.75, 3.05) is 37.3 Å². The van der Waals surface area contributed by atoms with E-state index in [1.165, 1.54) is 28.9 Å². The monoisotopic (exact) mass is 372 g/mol. The molecule has 2 aromatic carbocycles. The molecule has 0 bridgehead atoms. The summed E-state index contributed by atoms with van der Waals surface area (Å²) in [6, 6.07) is 12.5. The number of hydrogen-bond acceptors (Lipinski definition) is 4. The van der Waals surface area contributed by atoms with Crippen molar-refractivity contribution < 1.29 is 13.2 Å². The Labute approximate surface area is 155 Å². The second-order valence-electron chi connectivity index (χ2n) is 6.79. The smallest absolute Gasteiger partial charge is 0.253 e. The Kier molecular flexibility index (Phi) is 5.05. The van der Waals surface area contributed by atoms with E-state index in [0.29, 0.717) is 18.7 Å². The highest BCUT2D eigenvalue weighted by atomic mass is 32.2. The van der Waals surface area contributed by atoms with E-state index in [1.54, 1.807) is 12.1 Å². The van der Waals surface area contributed by atoms with Crippen molar-refractivity contribution >= 4 is 21.4 Å². The van der Waals surface area contributed by atoms with Gasteiger partial charge < -0.3 is 9.80 Å². The molecule has 2 aromatic rings. The van der Waals surface area contributed by atoms with Crippen LogP contribution in [0.2, 0.25) is 0 Å². The van der Waals surface area contributed by atoms with Crippen LogP contribution < -0.4 is 4.90 Å². The van der Waals surface area contributed by atoms with E-state index in [0.717, 1.165) is 19.3 Å². The number of carbonyl (C=O) groups is 1. The Morgan fingerprint density at radius 3 is 2.12 bits per heavy atom. The lowest BCUT2D eigenvalue weighted by atomic mass is 10.1. The second kappa shape index (κ2) is 7.11. The van der Waals surface area contributed by atoms with Crippen molar-refractivity contribution in [1.82, 2.24) is 4.90 Å². The number of amides is 1. The predicted molar refractivity (Wildman–Crippen MR) is 104 cm³/mol. The molecular formula is C20H24N2O3S. The average Bonchev–Trinajstić information content (AvgIpc) is 2.63. The summed E-state index contributed by atoms with van der Waals surface area (Å²) >= 11 is 0. The highest BCUT2D eigenvalue weighted by Crippen LogP contribution is 2.24. The normalized spacial score (nSPS) is 15.2. The quantitative estimate of drug-likeness (QED) is 0.831. The number of rotatable bonds is 3. The van der Waals surface area contributed by atoms with Gasteiger partial charge in [-0.05, 0) is 55.3 Å². The van der Waals surface area contributed by atoms with Crippen LogP contribution in [0.5, 0.6) is 0 Å². The van der Waals surface area contributed by atoms with Crippen molar-refractivity contribution in [3.63, 3.8) is 0 Å². The van der Waals surface area contributed by atoms with E-state index >= 15 is 0 Å². The van der Waals surface area contributed by atoms with Gasteiger partial charge >= 0.3 is 0 Å². The minimum atomic E-state index is -3.25. The molecule has 5 nitrogen and oxygen atoms in total. The van der Waals surface area contributed by atoms with Gasteiger partial charge in [0.2, 0.25) is 0 Å². The average molecular weight is 372 g/mol. The summed E-state index contributed by atoms with van der Waals surface area (Å²) in [4.78, 5) is 17.1. The molecule has 1 aliphatic rings. The number of sulfone groups is 1. The van der Waals surface area contributed by atoms with Gasteiger partial charge in [-0.1, -0.05) is 12.1 Å². The molecule has 1 aliphatic heterocycles. The van der Waals surface area contributed by atoms with Crippen LogP contribution in [0, 0.1) is 13.8 Å². The van der Waals surface area contributed by atoms with Crippen LogP contribution in [0.3, 0.4) is 0 Å². The number of aryl methyl sites for hydroxylation is 1. The summed E-state index contributed by atoms with van der Waals surface area (Å²) in [5.74, 6) is -0.0503. The van der Waals surface area contributed by atoms with Crippen molar-refractivity contribution in [2.24, 2.45) is 0 Å². The Balaban J connectivity index is 1.68. The van der Waals surface area contributed by atoms with E-state index in [9.17, 15) is 13.2 Å². The topological polar surface area (TPSA) is 57.7 Å². The highest BCUT2D eigenvalue weighted by molar-refractivity contribution is 7.90. The molecule has 0 spiro atoms. The van der Waals surface area contributed by atoms with E-state index in [-0.39, 0.29) is 10.8 Å². The largest absolute Gasteiger partial charge is 0.368 e. The maximum Gasteiger partial charge on any atom is 0.253 e. The van der Waals surface area contributed by atoms with Gasteiger partial charge in [-0.25, -0.2) is 8.42 Å². The third-order valence-electron chi connectivity index (χ3n) is 5.01. The molecule has 1 saturated heterocycles. The number of nitrogens with zero attached hydrogens (tertiary/aromatic N) is 2.